The Morgan fingerprint density at radius 3 is 1.50 bits per heavy atom. The van der Waals surface area contributed by atoms with E-state index >= 15 is 0 Å². The fourth-order valence-corrected chi connectivity index (χ4v) is 7.41. The Bertz CT molecular complexity index is 1260. The SMILES string of the molecule is CC/C=C\C/C=C\C/C=C\C/C=C\CCCCCCC(=O)OC(COCCCCCCCC/C=C\C/C=C\CCCCC)COP(=O)(O)OC1C(O)C(O)C(O)C(O)C1O. The van der Waals surface area contributed by atoms with E-state index < -0.39 is 63.1 Å². The van der Waals surface area contributed by atoms with Gasteiger partial charge in [-0.05, 0) is 83.5 Å². The largest absolute Gasteiger partial charge is 0.472 e. The van der Waals surface area contributed by atoms with E-state index in [2.05, 4.69) is 86.8 Å². The smallest absolute Gasteiger partial charge is 0.457 e. The van der Waals surface area contributed by atoms with Gasteiger partial charge in [0.2, 0.25) is 0 Å². The predicted molar refractivity (Wildman–Crippen MR) is 239 cm³/mol. The number of phosphoric acid groups is 1. The fourth-order valence-electron chi connectivity index (χ4n) is 6.43. The highest BCUT2D eigenvalue weighted by atomic mass is 31.2. The van der Waals surface area contributed by atoms with E-state index in [1.54, 1.807) is 0 Å². The highest BCUT2D eigenvalue weighted by Gasteiger charge is 2.51. The van der Waals surface area contributed by atoms with Crippen molar-refractivity contribution < 1.29 is 58.3 Å². The van der Waals surface area contributed by atoms with E-state index in [0.29, 0.717) is 13.0 Å². The summed E-state index contributed by atoms with van der Waals surface area (Å²) in [5.74, 6) is -0.507. The Morgan fingerprint density at radius 2 is 0.983 bits per heavy atom. The first kappa shape index (κ1) is 55.8. The fraction of sp³-hybridized carbons (Fsp3) is 0.723. The number of allylic oxidation sites excluding steroid dienone is 12. The molecule has 1 rings (SSSR count). The lowest BCUT2D eigenvalue weighted by Gasteiger charge is -2.41. The molecule has 0 bridgehead atoms. The van der Waals surface area contributed by atoms with Gasteiger partial charge in [-0.1, -0.05) is 138 Å². The molecule has 0 aromatic heterocycles. The van der Waals surface area contributed by atoms with E-state index in [0.717, 1.165) is 103 Å². The molecule has 0 aromatic rings. The van der Waals surface area contributed by atoms with Crippen molar-refractivity contribution in [3.8, 4) is 0 Å². The van der Waals surface area contributed by atoms with Gasteiger partial charge >= 0.3 is 13.8 Å². The summed E-state index contributed by atoms with van der Waals surface area (Å²) in [6, 6.07) is 0. The van der Waals surface area contributed by atoms with Crippen LogP contribution in [-0.2, 0) is 27.9 Å². The molecule has 0 radical (unpaired) electrons. The second-order valence-electron chi connectivity index (χ2n) is 15.5. The minimum Gasteiger partial charge on any atom is -0.457 e. The quantitative estimate of drug-likeness (QED) is 0.0150. The van der Waals surface area contributed by atoms with Crippen molar-refractivity contribution in [2.24, 2.45) is 0 Å². The highest BCUT2D eigenvalue weighted by Crippen LogP contribution is 2.47. The van der Waals surface area contributed by atoms with Gasteiger partial charge in [-0.25, -0.2) is 4.57 Å². The van der Waals surface area contributed by atoms with E-state index in [-0.39, 0.29) is 13.0 Å². The number of ether oxygens (including phenoxy) is 2. The Kier molecular flexibility index (Phi) is 34.7. The first-order valence-corrected chi connectivity index (χ1v) is 24.3. The van der Waals surface area contributed by atoms with Crippen molar-refractivity contribution in [1.82, 2.24) is 0 Å². The molecule has 0 spiro atoms. The molecule has 0 saturated heterocycles. The molecule has 1 aliphatic carbocycles. The topological polar surface area (TPSA) is 192 Å². The Balaban J connectivity index is 2.44. The van der Waals surface area contributed by atoms with Crippen LogP contribution in [0.4, 0.5) is 0 Å². The van der Waals surface area contributed by atoms with Crippen LogP contribution in [0.5, 0.6) is 0 Å². The van der Waals surface area contributed by atoms with E-state index in [1.807, 2.05) is 0 Å². The van der Waals surface area contributed by atoms with Crippen LogP contribution in [-0.4, -0.2) is 98.9 Å². The third kappa shape index (κ3) is 29.1. The van der Waals surface area contributed by atoms with E-state index in [1.165, 1.54) is 25.7 Å². The molecule has 6 unspecified atom stereocenters. The standard InChI is InChI=1S/C47H81O12P/c1-3-5-7-9-11-13-15-17-19-21-22-24-26-28-30-32-34-36-41(48)58-40(39-57-60(54,55)59-47-45(52)43(50)42(49)44(51)46(47)53)38-56-37-35-33-31-29-27-25-23-20-18-16-14-12-10-8-6-4-2/h5,7,11-14,17-20,22,24,40,42-47,49-53H,3-4,6,8-10,15-16,21,23,25-39H2,1-2H3,(H,54,55)/b7-5-,13-11-,14-12-,19-17-,20-18-,24-22-. The molecule has 1 saturated carbocycles. The summed E-state index contributed by atoms with van der Waals surface area (Å²) in [4.78, 5) is 23.1. The summed E-state index contributed by atoms with van der Waals surface area (Å²) in [6.07, 6.45) is 35.4. The number of rotatable bonds is 37. The second kappa shape index (κ2) is 37.3. The van der Waals surface area contributed by atoms with Gasteiger partial charge in [-0.15, -0.1) is 0 Å². The van der Waals surface area contributed by atoms with Gasteiger partial charge in [0.05, 0.1) is 13.2 Å². The minimum absolute atomic E-state index is 0.0980. The predicted octanol–water partition coefficient (Wildman–Crippen LogP) is 9.19. The molecule has 346 valence electrons. The number of phosphoric ester groups is 1. The average Bonchev–Trinajstić information content (AvgIpc) is 3.23. The van der Waals surface area contributed by atoms with E-state index in [4.69, 9.17) is 18.5 Å². The molecule has 0 aliphatic heterocycles. The van der Waals surface area contributed by atoms with Crippen LogP contribution in [0.2, 0.25) is 0 Å². The molecule has 13 heteroatoms. The maximum atomic E-state index is 12.8. The molecular weight excluding hydrogens is 787 g/mol. The number of esters is 1. The molecule has 0 heterocycles. The van der Waals surface area contributed by atoms with Crippen molar-refractivity contribution in [3.05, 3.63) is 72.9 Å². The van der Waals surface area contributed by atoms with Crippen LogP contribution >= 0.6 is 7.82 Å². The highest BCUT2D eigenvalue weighted by molar-refractivity contribution is 7.47. The summed E-state index contributed by atoms with van der Waals surface area (Å²) in [5.41, 5.74) is 0. The lowest BCUT2D eigenvalue weighted by atomic mass is 9.85. The molecule has 6 atom stereocenters. The van der Waals surface area contributed by atoms with Gasteiger partial charge < -0.3 is 39.9 Å². The van der Waals surface area contributed by atoms with Gasteiger partial charge in [0.15, 0.2) is 0 Å². The molecule has 0 amide bonds. The molecule has 6 N–H and O–H groups in total. The van der Waals surface area contributed by atoms with Crippen LogP contribution < -0.4 is 0 Å². The first-order valence-electron chi connectivity index (χ1n) is 22.8. The van der Waals surface area contributed by atoms with Crippen molar-refractivity contribution in [1.29, 1.82) is 0 Å². The maximum absolute atomic E-state index is 12.8. The maximum Gasteiger partial charge on any atom is 0.472 e. The summed E-state index contributed by atoms with van der Waals surface area (Å²) >= 11 is 0. The molecule has 0 aromatic carbocycles. The van der Waals surface area contributed by atoms with Crippen molar-refractivity contribution in [2.45, 2.75) is 198 Å². The Hall–Kier alpha value is -2.22. The summed E-state index contributed by atoms with van der Waals surface area (Å²) in [6.45, 7) is 4.05. The van der Waals surface area contributed by atoms with Gasteiger partial charge in [0.25, 0.3) is 0 Å². The number of aliphatic hydroxyl groups excluding tert-OH is 5. The zero-order valence-electron chi connectivity index (χ0n) is 36.7. The van der Waals surface area contributed by atoms with Crippen LogP contribution in [0.25, 0.3) is 0 Å². The number of hydrogen-bond donors (Lipinski definition) is 6. The van der Waals surface area contributed by atoms with Gasteiger partial charge in [0.1, 0.15) is 42.7 Å². The monoisotopic (exact) mass is 869 g/mol. The van der Waals surface area contributed by atoms with Gasteiger partial charge in [-0.3, -0.25) is 13.8 Å². The Labute approximate surface area is 361 Å². The zero-order valence-corrected chi connectivity index (χ0v) is 37.6. The van der Waals surface area contributed by atoms with Crippen LogP contribution in [0, 0.1) is 0 Å². The van der Waals surface area contributed by atoms with Crippen molar-refractivity contribution in [3.63, 3.8) is 0 Å². The van der Waals surface area contributed by atoms with Crippen LogP contribution in [0.1, 0.15) is 155 Å². The summed E-state index contributed by atoms with van der Waals surface area (Å²) < 4.78 is 34.1. The van der Waals surface area contributed by atoms with Gasteiger partial charge in [-0.2, -0.15) is 0 Å². The van der Waals surface area contributed by atoms with Gasteiger partial charge in [0, 0.05) is 13.0 Å². The number of aliphatic hydroxyl groups is 5. The molecule has 1 aliphatic rings. The summed E-state index contributed by atoms with van der Waals surface area (Å²) in [5, 5.41) is 50.2. The number of hydrogen-bond acceptors (Lipinski definition) is 11. The lowest BCUT2D eigenvalue weighted by Crippen LogP contribution is -2.64. The van der Waals surface area contributed by atoms with Crippen LogP contribution in [0.3, 0.4) is 0 Å². The lowest BCUT2D eigenvalue weighted by molar-refractivity contribution is -0.220. The second-order valence-corrected chi connectivity index (χ2v) is 16.9. The van der Waals surface area contributed by atoms with Crippen molar-refractivity contribution in [2.75, 3.05) is 19.8 Å². The number of carbonyl (C=O) groups is 1. The normalized spacial score (nSPS) is 23.0. The van der Waals surface area contributed by atoms with E-state index in [9.17, 15) is 39.8 Å². The molecule has 12 nitrogen and oxygen atoms in total. The number of unbranched alkanes of at least 4 members (excludes halogenated alkanes) is 13. The molecular formula is C47H81O12P. The Morgan fingerprint density at radius 1 is 0.550 bits per heavy atom. The number of carbonyl (C=O) groups excluding carboxylic acids is 1. The zero-order chi connectivity index (χ0) is 44.1. The first-order chi connectivity index (χ1) is 29.0. The third-order valence-electron chi connectivity index (χ3n) is 10.1. The molecule has 1 fully saturated rings. The minimum atomic E-state index is -5.03. The average molecular weight is 869 g/mol. The van der Waals surface area contributed by atoms with Crippen LogP contribution in [0.15, 0.2) is 72.9 Å². The molecule has 60 heavy (non-hydrogen) atoms. The summed E-state index contributed by atoms with van der Waals surface area (Å²) in [7, 11) is -5.03. The third-order valence-corrected chi connectivity index (χ3v) is 11.0. The van der Waals surface area contributed by atoms with Crippen molar-refractivity contribution >= 4 is 13.8 Å².